The van der Waals surface area contributed by atoms with E-state index >= 15 is 0 Å². The van der Waals surface area contributed by atoms with E-state index in [9.17, 15) is 4.79 Å². The minimum absolute atomic E-state index is 0.0498. The number of H-pyrrole nitrogens is 1. The van der Waals surface area contributed by atoms with Crippen LogP contribution in [0.3, 0.4) is 0 Å². The van der Waals surface area contributed by atoms with Crippen molar-refractivity contribution in [1.29, 1.82) is 0 Å². The van der Waals surface area contributed by atoms with Crippen LogP contribution in [0.1, 0.15) is 35.7 Å². The molecule has 148 valence electrons. The van der Waals surface area contributed by atoms with Crippen molar-refractivity contribution in [2.24, 2.45) is 0 Å². The van der Waals surface area contributed by atoms with Gasteiger partial charge in [-0.25, -0.2) is 9.67 Å². The maximum atomic E-state index is 12.4. The molecule has 4 rings (SSSR count). The summed E-state index contributed by atoms with van der Waals surface area (Å²) in [6.45, 7) is 6.90. The molecule has 0 aliphatic heterocycles. The molecule has 0 bridgehead atoms. The molecule has 0 amide bonds. The summed E-state index contributed by atoms with van der Waals surface area (Å²) in [5.74, 6) is 0.668. The van der Waals surface area contributed by atoms with Crippen LogP contribution in [0.2, 0.25) is 0 Å². The minimum Gasteiger partial charge on any atom is -0.309 e. The normalized spacial score (nSPS) is 12.6. The number of nitrogens with zero attached hydrogens (tertiary/aromatic N) is 4. The standard InChI is InChI=1S/C23H25N5O/c1-15-20(16(2)28(26-15)18-10-6-5-7-11-18)14-27(4)17(3)22-24-21-13-9-8-12-19(21)23(29)25-22/h5-13,17H,14H2,1-4H3,(H,24,25,29)/t17-/m0/s1. The van der Waals surface area contributed by atoms with Gasteiger partial charge in [-0.3, -0.25) is 9.69 Å². The van der Waals surface area contributed by atoms with Crippen LogP contribution in [-0.4, -0.2) is 31.7 Å². The molecule has 0 aliphatic rings. The lowest BCUT2D eigenvalue weighted by Gasteiger charge is -2.24. The maximum absolute atomic E-state index is 12.4. The van der Waals surface area contributed by atoms with E-state index in [2.05, 4.69) is 40.8 Å². The van der Waals surface area contributed by atoms with Crippen LogP contribution < -0.4 is 5.56 Å². The van der Waals surface area contributed by atoms with Gasteiger partial charge in [0.2, 0.25) is 0 Å². The molecule has 6 heteroatoms. The zero-order chi connectivity index (χ0) is 20.5. The van der Waals surface area contributed by atoms with E-state index < -0.39 is 0 Å². The van der Waals surface area contributed by atoms with Gasteiger partial charge in [0.15, 0.2) is 0 Å². The molecule has 0 saturated carbocycles. The number of aryl methyl sites for hydroxylation is 1. The molecule has 1 N–H and O–H groups in total. The molecule has 0 saturated heterocycles. The summed E-state index contributed by atoms with van der Waals surface area (Å²) in [4.78, 5) is 22.2. The van der Waals surface area contributed by atoms with Crippen LogP contribution in [0.25, 0.3) is 16.6 Å². The van der Waals surface area contributed by atoms with Crippen molar-refractivity contribution in [3.05, 3.63) is 87.7 Å². The summed E-state index contributed by atoms with van der Waals surface area (Å²) < 4.78 is 1.99. The van der Waals surface area contributed by atoms with Gasteiger partial charge >= 0.3 is 0 Å². The third-order valence-electron chi connectivity index (χ3n) is 5.54. The van der Waals surface area contributed by atoms with E-state index in [-0.39, 0.29) is 11.6 Å². The summed E-state index contributed by atoms with van der Waals surface area (Å²) in [5, 5.41) is 5.35. The number of nitrogens with one attached hydrogen (secondary N) is 1. The van der Waals surface area contributed by atoms with Crippen molar-refractivity contribution in [3.8, 4) is 5.69 Å². The molecule has 4 aromatic rings. The second-order valence-corrected chi connectivity index (χ2v) is 7.46. The molecule has 2 heterocycles. The van der Waals surface area contributed by atoms with Crippen LogP contribution in [0.4, 0.5) is 0 Å². The Hall–Kier alpha value is -3.25. The van der Waals surface area contributed by atoms with Gasteiger partial charge in [0.1, 0.15) is 5.82 Å². The van der Waals surface area contributed by atoms with Gasteiger partial charge in [-0.05, 0) is 52.1 Å². The Bertz CT molecular complexity index is 1210. The van der Waals surface area contributed by atoms with E-state index in [0.717, 1.165) is 22.6 Å². The number of rotatable bonds is 5. The van der Waals surface area contributed by atoms with E-state index in [1.54, 1.807) is 6.07 Å². The second kappa shape index (κ2) is 7.64. The molecule has 6 nitrogen and oxygen atoms in total. The molecule has 0 aliphatic carbocycles. The first-order valence-electron chi connectivity index (χ1n) is 9.75. The van der Waals surface area contributed by atoms with Gasteiger partial charge < -0.3 is 4.98 Å². The van der Waals surface area contributed by atoms with Crippen LogP contribution in [0, 0.1) is 13.8 Å². The summed E-state index contributed by atoms with van der Waals surface area (Å²) in [6.07, 6.45) is 0. The molecule has 0 spiro atoms. The average Bonchev–Trinajstić information content (AvgIpc) is 3.02. The molecule has 0 unspecified atom stereocenters. The Morgan fingerprint density at radius 2 is 1.76 bits per heavy atom. The SMILES string of the molecule is Cc1nn(-c2ccccc2)c(C)c1CN(C)[C@@H](C)c1nc2ccccc2c(=O)[nH]1. The fourth-order valence-electron chi connectivity index (χ4n) is 3.62. The highest BCUT2D eigenvalue weighted by atomic mass is 16.1. The molecule has 0 fully saturated rings. The van der Waals surface area contributed by atoms with E-state index in [4.69, 9.17) is 5.10 Å². The predicted molar refractivity (Wildman–Crippen MR) is 115 cm³/mol. The Balaban J connectivity index is 1.62. The third kappa shape index (κ3) is 3.59. The predicted octanol–water partition coefficient (Wildman–Crippen LogP) is 3.92. The van der Waals surface area contributed by atoms with Gasteiger partial charge in [0, 0.05) is 17.8 Å². The third-order valence-corrected chi connectivity index (χ3v) is 5.54. The second-order valence-electron chi connectivity index (χ2n) is 7.46. The molecule has 29 heavy (non-hydrogen) atoms. The number of aromatic nitrogens is 4. The fraction of sp³-hybridized carbons (Fsp3) is 0.261. The van der Waals surface area contributed by atoms with Crippen LogP contribution in [0.15, 0.2) is 59.4 Å². The summed E-state index contributed by atoms with van der Waals surface area (Å²) >= 11 is 0. The van der Waals surface area contributed by atoms with Crippen LogP contribution >= 0.6 is 0 Å². The topological polar surface area (TPSA) is 66.8 Å². The molecule has 2 aromatic carbocycles. The zero-order valence-electron chi connectivity index (χ0n) is 17.2. The molecule has 1 atom stereocenters. The minimum atomic E-state index is -0.102. The Kier molecular flexibility index (Phi) is 5.03. The quantitative estimate of drug-likeness (QED) is 0.564. The van der Waals surface area contributed by atoms with Crippen molar-refractivity contribution in [3.63, 3.8) is 0 Å². The van der Waals surface area contributed by atoms with Gasteiger partial charge in [-0.2, -0.15) is 5.10 Å². The molecule has 0 radical (unpaired) electrons. The van der Waals surface area contributed by atoms with E-state index in [1.165, 1.54) is 5.56 Å². The van der Waals surface area contributed by atoms with Crippen molar-refractivity contribution < 1.29 is 0 Å². The fourth-order valence-corrected chi connectivity index (χ4v) is 3.62. The largest absolute Gasteiger partial charge is 0.309 e. The zero-order valence-corrected chi connectivity index (χ0v) is 17.2. The van der Waals surface area contributed by atoms with Gasteiger partial charge in [0.25, 0.3) is 5.56 Å². The molecular weight excluding hydrogens is 362 g/mol. The van der Waals surface area contributed by atoms with Crippen LogP contribution in [0.5, 0.6) is 0 Å². The molecule has 2 aromatic heterocycles. The highest BCUT2D eigenvalue weighted by molar-refractivity contribution is 5.77. The lowest BCUT2D eigenvalue weighted by molar-refractivity contribution is 0.243. The summed E-state index contributed by atoms with van der Waals surface area (Å²) in [6, 6.07) is 17.5. The highest BCUT2D eigenvalue weighted by Crippen LogP contribution is 2.23. The number of aromatic amines is 1. The lowest BCUT2D eigenvalue weighted by Crippen LogP contribution is -2.26. The Labute approximate surface area is 169 Å². The van der Waals surface area contributed by atoms with Crippen molar-refractivity contribution in [2.45, 2.75) is 33.4 Å². The monoisotopic (exact) mass is 387 g/mol. The maximum Gasteiger partial charge on any atom is 0.258 e. The van der Waals surface area contributed by atoms with E-state index in [0.29, 0.717) is 17.8 Å². The first-order valence-corrected chi connectivity index (χ1v) is 9.75. The number of hydrogen-bond donors (Lipinski definition) is 1. The first-order chi connectivity index (χ1) is 14.0. The van der Waals surface area contributed by atoms with Crippen molar-refractivity contribution >= 4 is 10.9 Å². The van der Waals surface area contributed by atoms with Crippen LogP contribution in [-0.2, 0) is 6.54 Å². The molecular formula is C23H25N5O. The number of benzene rings is 2. The van der Waals surface area contributed by atoms with Gasteiger partial charge in [-0.1, -0.05) is 30.3 Å². The summed E-state index contributed by atoms with van der Waals surface area (Å²) in [5.41, 5.74) is 4.98. The Morgan fingerprint density at radius 1 is 1.07 bits per heavy atom. The van der Waals surface area contributed by atoms with Gasteiger partial charge in [-0.15, -0.1) is 0 Å². The number of fused-ring (bicyclic) bond motifs is 1. The summed E-state index contributed by atoms with van der Waals surface area (Å²) in [7, 11) is 2.04. The number of para-hydroxylation sites is 2. The van der Waals surface area contributed by atoms with Crippen molar-refractivity contribution in [1.82, 2.24) is 24.6 Å². The highest BCUT2D eigenvalue weighted by Gasteiger charge is 2.20. The van der Waals surface area contributed by atoms with E-state index in [1.807, 2.05) is 55.1 Å². The average molecular weight is 387 g/mol. The lowest BCUT2D eigenvalue weighted by atomic mass is 10.1. The van der Waals surface area contributed by atoms with Crippen molar-refractivity contribution in [2.75, 3.05) is 7.05 Å². The van der Waals surface area contributed by atoms with Gasteiger partial charge in [0.05, 0.1) is 28.3 Å². The smallest absolute Gasteiger partial charge is 0.258 e. The Morgan fingerprint density at radius 3 is 2.52 bits per heavy atom. The number of hydrogen-bond acceptors (Lipinski definition) is 4. The first kappa shape index (κ1) is 19.1.